The second-order valence-electron chi connectivity index (χ2n) is 3.61. The van der Waals surface area contributed by atoms with Crippen LogP contribution in [0.5, 0.6) is 0 Å². The molecule has 0 aromatic carbocycles. The number of aliphatic hydroxyl groups excluding tert-OH is 1. The van der Waals surface area contributed by atoms with E-state index in [-0.39, 0.29) is 5.91 Å². The van der Waals surface area contributed by atoms with Gasteiger partial charge in [0.1, 0.15) is 0 Å². The number of allylic oxidation sites excluding steroid dienone is 1. The number of aliphatic hydroxyl groups is 1. The molecule has 4 nitrogen and oxygen atoms in total. The van der Waals surface area contributed by atoms with E-state index in [4.69, 9.17) is 4.84 Å². The third-order valence-corrected chi connectivity index (χ3v) is 2.44. The van der Waals surface area contributed by atoms with Gasteiger partial charge in [-0.15, -0.1) is 0 Å². The fraction of sp³-hybridized carbons (Fsp3) is 0.727. The van der Waals surface area contributed by atoms with Gasteiger partial charge in [0.15, 0.2) is 0 Å². The number of hydrogen-bond acceptors (Lipinski definition) is 3. The van der Waals surface area contributed by atoms with Gasteiger partial charge in [-0.25, -0.2) is 5.06 Å². The van der Waals surface area contributed by atoms with Crippen molar-refractivity contribution in [3.63, 3.8) is 0 Å². The Bertz CT molecular complexity index is 238. The first kappa shape index (κ1) is 14.1. The normalized spacial score (nSPS) is 16.0. The van der Waals surface area contributed by atoms with Crippen molar-refractivity contribution in [2.75, 3.05) is 14.2 Å². The molecule has 1 amide bonds. The Hall–Kier alpha value is -0.870. The first-order valence-corrected chi connectivity index (χ1v) is 5.12. The molecule has 0 unspecified atom stereocenters. The van der Waals surface area contributed by atoms with Crippen molar-refractivity contribution >= 4 is 5.91 Å². The second-order valence-corrected chi connectivity index (χ2v) is 3.61. The van der Waals surface area contributed by atoms with Crippen LogP contribution in [-0.2, 0) is 9.63 Å². The van der Waals surface area contributed by atoms with Crippen LogP contribution in [0, 0.1) is 5.92 Å². The Balaban J connectivity index is 4.50. The molecular weight excluding hydrogens is 194 g/mol. The highest BCUT2D eigenvalue weighted by molar-refractivity contribution is 5.78. The highest BCUT2D eigenvalue weighted by atomic mass is 16.7. The molecule has 0 spiro atoms. The molecule has 0 saturated heterocycles. The van der Waals surface area contributed by atoms with E-state index in [0.717, 1.165) is 17.1 Å². The standard InChI is InChI=1S/C11H21NO3/c1-6-7-8(2)10(13)9(3)11(14)12(4)15-5/h7,9-10,13H,6H2,1-5H3/b8-7+/t9-,10-/m1/s1. The average Bonchev–Trinajstić information content (AvgIpc) is 2.25. The average molecular weight is 215 g/mol. The minimum Gasteiger partial charge on any atom is -0.388 e. The van der Waals surface area contributed by atoms with Crippen LogP contribution in [0.3, 0.4) is 0 Å². The maximum atomic E-state index is 11.6. The Morgan fingerprint density at radius 2 is 2.13 bits per heavy atom. The van der Waals surface area contributed by atoms with Crippen LogP contribution < -0.4 is 0 Å². The van der Waals surface area contributed by atoms with Crippen molar-refractivity contribution in [2.24, 2.45) is 5.92 Å². The summed E-state index contributed by atoms with van der Waals surface area (Å²) in [6.45, 7) is 5.50. The molecule has 0 heterocycles. The molecule has 0 aromatic rings. The zero-order valence-electron chi connectivity index (χ0n) is 10.2. The van der Waals surface area contributed by atoms with Crippen molar-refractivity contribution in [3.8, 4) is 0 Å². The van der Waals surface area contributed by atoms with Gasteiger partial charge in [0.2, 0.25) is 0 Å². The molecule has 0 fully saturated rings. The Kier molecular flexibility index (Phi) is 6.20. The highest BCUT2D eigenvalue weighted by Crippen LogP contribution is 2.15. The summed E-state index contributed by atoms with van der Waals surface area (Å²) >= 11 is 0. The molecule has 0 aliphatic heterocycles. The molecule has 0 aliphatic carbocycles. The summed E-state index contributed by atoms with van der Waals surface area (Å²) in [5, 5.41) is 11.0. The van der Waals surface area contributed by atoms with Gasteiger partial charge in [-0.05, 0) is 18.9 Å². The number of rotatable bonds is 5. The Labute approximate surface area is 91.5 Å². The van der Waals surface area contributed by atoms with Crippen molar-refractivity contribution in [3.05, 3.63) is 11.6 Å². The molecule has 0 bridgehead atoms. The van der Waals surface area contributed by atoms with E-state index >= 15 is 0 Å². The van der Waals surface area contributed by atoms with Crippen molar-refractivity contribution < 1.29 is 14.7 Å². The molecule has 1 N–H and O–H groups in total. The highest BCUT2D eigenvalue weighted by Gasteiger charge is 2.25. The second kappa shape index (κ2) is 6.58. The Morgan fingerprint density at radius 1 is 1.60 bits per heavy atom. The maximum absolute atomic E-state index is 11.6. The molecule has 15 heavy (non-hydrogen) atoms. The molecule has 0 rings (SSSR count). The van der Waals surface area contributed by atoms with Gasteiger partial charge in [0.25, 0.3) is 5.91 Å². The largest absolute Gasteiger partial charge is 0.388 e. The smallest absolute Gasteiger partial charge is 0.251 e. The van der Waals surface area contributed by atoms with Gasteiger partial charge < -0.3 is 5.11 Å². The molecule has 0 radical (unpaired) electrons. The van der Waals surface area contributed by atoms with Crippen LogP contribution in [0.1, 0.15) is 27.2 Å². The summed E-state index contributed by atoms with van der Waals surface area (Å²) in [6, 6.07) is 0. The summed E-state index contributed by atoms with van der Waals surface area (Å²) in [6.07, 6.45) is 2.03. The number of nitrogens with zero attached hydrogens (tertiary/aromatic N) is 1. The van der Waals surface area contributed by atoms with Crippen LogP contribution in [0.2, 0.25) is 0 Å². The fourth-order valence-corrected chi connectivity index (χ4v) is 1.35. The number of carbonyl (C=O) groups is 1. The zero-order valence-corrected chi connectivity index (χ0v) is 10.2. The van der Waals surface area contributed by atoms with Gasteiger partial charge in [-0.2, -0.15) is 0 Å². The quantitative estimate of drug-likeness (QED) is 0.556. The SMILES string of the molecule is CC/C=C(\C)[C@@H](O)[C@@H](C)C(=O)N(C)OC. The fourth-order valence-electron chi connectivity index (χ4n) is 1.35. The minimum absolute atomic E-state index is 0.228. The number of amides is 1. The lowest BCUT2D eigenvalue weighted by Crippen LogP contribution is -2.37. The van der Waals surface area contributed by atoms with E-state index in [1.807, 2.05) is 19.9 Å². The van der Waals surface area contributed by atoms with Crippen molar-refractivity contribution in [1.29, 1.82) is 0 Å². The van der Waals surface area contributed by atoms with E-state index in [1.165, 1.54) is 14.2 Å². The van der Waals surface area contributed by atoms with E-state index in [0.29, 0.717) is 0 Å². The molecule has 4 heteroatoms. The third-order valence-electron chi connectivity index (χ3n) is 2.44. The van der Waals surface area contributed by atoms with Crippen LogP contribution in [0.15, 0.2) is 11.6 Å². The van der Waals surface area contributed by atoms with E-state index in [2.05, 4.69) is 0 Å². The van der Waals surface area contributed by atoms with Crippen LogP contribution in [0.25, 0.3) is 0 Å². The number of carbonyl (C=O) groups excluding carboxylic acids is 1. The molecule has 0 saturated carbocycles. The van der Waals surface area contributed by atoms with E-state index in [9.17, 15) is 9.90 Å². The summed E-state index contributed by atoms with van der Waals surface area (Å²) in [5.41, 5.74) is 0.822. The first-order valence-electron chi connectivity index (χ1n) is 5.12. The molecular formula is C11H21NO3. The van der Waals surface area contributed by atoms with Gasteiger partial charge in [0, 0.05) is 7.05 Å². The van der Waals surface area contributed by atoms with Crippen molar-refractivity contribution in [2.45, 2.75) is 33.3 Å². The molecule has 0 aliphatic rings. The predicted molar refractivity (Wildman–Crippen MR) is 59.0 cm³/mol. The van der Waals surface area contributed by atoms with Crippen LogP contribution in [-0.4, -0.2) is 36.3 Å². The lowest BCUT2D eigenvalue weighted by Gasteiger charge is -2.23. The van der Waals surface area contributed by atoms with Crippen molar-refractivity contribution in [1.82, 2.24) is 5.06 Å². The molecule has 2 atom stereocenters. The van der Waals surface area contributed by atoms with E-state index < -0.39 is 12.0 Å². The third kappa shape index (κ3) is 4.01. The van der Waals surface area contributed by atoms with Crippen LogP contribution in [0.4, 0.5) is 0 Å². The van der Waals surface area contributed by atoms with Gasteiger partial charge in [0.05, 0.1) is 19.1 Å². The number of hydroxylamine groups is 2. The summed E-state index contributed by atoms with van der Waals surface area (Å²) < 4.78 is 0. The van der Waals surface area contributed by atoms with Crippen LogP contribution >= 0.6 is 0 Å². The minimum atomic E-state index is -0.741. The van der Waals surface area contributed by atoms with Gasteiger partial charge in [-0.3, -0.25) is 9.63 Å². The predicted octanol–water partition coefficient (Wildman–Crippen LogP) is 1.36. The lowest BCUT2D eigenvalue weighted by atomic mass is 9.97. The molecule has 0 aromatic heterocycles. The summed E-state index contributed by atoms with van der Waals surface area (Å²) in [4.78, 5) is 16.4. The summed E-state index contributed by atoms with van der Waals surface area (Å²) in [5.74, 6) is -0.716. The monoisotopic (exact) mass is 215 g/mol. The maximum Gasteiger partial charge on any atom is 0.251 e. The van der Waals surface area contributed by atoms with Gasteiger partial charge >= 0.3 is 0 Å². The molecule has 88 valence electrons. The summed E-state index contributed by atoms with van der Waals surface area (Å²) in [7, 11) is 2.95. The van der Waals surface area contributed by atoms with Gasteiger partial charge in [-0.1, -0.05) is 19.9 Å². The van der Waals surface area contributed by atoms with E-state index in [1.54, 1.807) is 6.92 Å². The lowest BCUT2D eigenvalue weighted by molar-refractivity contribution is -0.175. The topological polar surface area (TPSA) is 49.8 Å². The Morgan fingerprint density at radius 3 is 2.53 bits per heavy atom. The zero-order chi connectivity index (χ0) is 12.0. The number of hydrogen-bond donors (Lipinski definition) is 1. The first-order chi connectivity index (χ1) is 6.95.